The normalized spacial score (nSPS) is 18.9. The molecule has 1 aromatic rings. The SMILES string of the molecule is COc1ccccc1CCCC[C@@H]1CO1. The second kappa shape index (κ2) is 5.17. The van der Waals surface area contributed by atoms with Gasteiger partial charge in [0, 0.05) is 0 Å². The minimum Gasteiger partial charge on any atom is -0.496 e. The highest BCUT2D eigenvalue weighted by Gasteiger charge is 2.20. The van der Waals surface area contributed by atoms with Crippen LogP contribution in [0.2, 0.25) is 0 Å². The number of unbranched alkanes of at least 4 members (excludes halogenated alkanes) is 1. The molecular formula is C13H18O2. The number of ether oxygens (including phenoxy) is 2. The molecule has 0 bridgehead atoms. The van der Waals surface area contributed by atoms with E-state index in [0.29, 0.717) is 6.10 Å². The maximum Gasteiger partial charge on any atom is 0.122 e. The highest BCUT2D eigenvalue weighted by Crippen LogP contribution is 2.21. The first-order valence-corrected chi connectivity index (χ1v) is 5.63. The Kier molecular flexibility index (Phi) is 3.62. The summed E-state index contributed by atoms with van der Waals surface area (Å²) in [7, 11) is 1.73. The lowest BCUT2D eigenvalue weighted by molar-refractivity contribution is 0.388. The number of hydrogen-bond acceptors (Lipinski definition) is 2. The van der Waals surface area contributed by atoms with Gasteiger partial charge in [0.15, 0.2) is 0 Å². The molecule has 1 atom stereocenters. The van der Waals surface area contributed by atoms with Crippen LogP contribution in [-0.4, -0.2) is 19.8 Å². The number of rotatable bonds is 6. The van der Waals surface area contributed by atoms with E-state index in [9.17, 15) is 0 Å². The summed E-state index contributed by atoms with van der Waals surface area (Å²) in [6.07, 6.45) is 5.37. The largest absolute Gasteiger partial charge is 0.496 e. The van der Waals surface area contributed by atoms with Gasteiger partial charge in [-0.3, -0.25) is 0 Å². The fraction of sp³-hybridized carbons (Fsp3) is 0.538. The Morgan fingerprint density at radius 2 is 2.13 bits per heavy atom. The highest BCUT2D eigenvalue weighted by molar-refractivity contribution is 5.33. The van der Waals surface area contributed by atoms with Crippen LogP contribution in [0, 0.1) is 0 Å². The van der Waals surface area contributed by atoms with E-state index in [-0.39, 0.29) is 0 Å². The number of benzene rings is 1. The van der Waals surface area contributed by atoms with E-state index in [1.165, 1.54) is 24.8 Å². The van der Waals surface area contributed by atoms with Crippen molar-refractivity contribution in [2.45, 2.75) is 31.8 Å². The van der Waals surface area contributed by atoms with Gasteiger partial charge >= 0.3 is 0 Å². The van der Waals surface area contributed by atoms with E-state index in [1.54, 1.807) is 7.11 Å². The Morgan fingerprint density at radius 3 is 2.87 bits per heavy atom. The predicted molar refractivity (Wildman–Crippen MR) is 60.3 cm³/mol. The van der Waals surface area contributed by atoms with Crippen LogP contribution in [0.3, 0.4) is 0 Å². The summed E-state index contributed by atoms with van der Waals surface area (Å²) in [5, 5.41) is 0. The maximum atomic E-state index is 5.31. The lowest BCUT2D eigenvalue weighted by atomic mass is 10.1. The zero-order chi connectivity index (χ0) is 10.5. The zero-order valence-corrected chi connectivity index (χ0v) is 9.24. The van der Waals surface area contributed by atoms with Gasteiger partial charge in [-0.2, -0.15) is 0 Å². The summed E-state index contributed by atoms with van der Waals surface area (Å²) in [5.41, 5.74) is 1.32. The Balaban J connectivity index is 1.75. The van der Waals surface area contributed by atoms with Crippen LogP contribution in [-0.2, 0) is 11.2 Å². The Morgan fingerprint density at radius 1 is 1.33 bits per heavy atom. The van der Waals surface area contributed by atoms with Crippen LogP contribution in [0.4, 0.5) is 0 Å². The Bertz CT molecular complexity index is 305. The minimum atomic E-state index is 0.572. The molecule has 1 saturated heterocycles. The van der Waals surface area contributed by atoms with Crippen LogP contribution < -0.4 is 4.74 Å². The van der Waals surface area contributed by atoms with E-state index >= 15 is 0 Å². The molecule has 0 spiro atoms. The summed E-state index contributed by atoms with van der Waals surface area (Å²) in [6.45, 7) is 0.981. The molecule has 1 aromatic carbocycles. The third-order valence-electron chi connectivity index (χ3n) is 2.82. The van der Waals surface area contributed by atoms with Crippen LogP contribution in [0.5, 0.6) is 5.75 Å². The molecule has 82 valence electrons. The fourth-order valence-electron chi connectivity index (χ4n) is 1.83. The smallest absolute Gasteiger partial charge is 0.122 e. The van der Waals surface area contributed by atoms with E-state index in [2.05, 4.69) is 12.1 Å². The molecule has 2 heteroatoms. The lowest BCUT2D eigenvalue weighted by Crippen LogP contribution is -1.93. The predicted octanol–water partition coefficient (Wildman–Crippen LogP) is 2.81. The number of para-hydroxylation sites is 1. The maximum absolute atomic E-state index is 5.31. The molecule has 0 amide bonds. The van der Waals surface area contributed by atoms with Gasteiger partial charge in [-0.25, -0.2) is 0 Å². The van der Waals surface area contributed by atoms with Crippen LogP contribution in [0.1, 0.15) is 24.8 Å². The van der Waals surface area contributed by atoms with Gasteiger partial charge in [0.05, 0.1) is 19.8 Å². The number of aryl methyl sites for hydroxylation is 1. The van der Waals surface area contributed by atoms with Crippen molar-refractivity contribution in [1.82, 2.24) is 0 Å². The van der Waals surface area contributed by atoms with Crippen molar-refractivity contribution in [2.75, 3.05) is 13.7 Å². The van der Waals surface area contributed by atoms with Crippen molar-refractivity contribution < 1.29 is 9.47 Å². The summed E-state index contributed by atoms with van der Waals surface area (Å²) in [6, 6.07) is 8.26. The van der Waals surface area contributed by atoms with Gasteiger partial charge < -0.3 is 9.47 Å². The molecule has 2 rings (SSSR count). The first kappa shape index (κ1) is 10.5. The first-order valence-electron chi connectivity index (χ1n) is 5.63. The molecule has 0 unspecified atom stereocenters. The average molecular weight is 206 g/mol. The van der Waals surface area contributed by atoms with Crippen LogP contribution in [0.15, 0.2) is 24.3 Å². The van der Waals surface area contributed by atoms with Crippen molar-refractivity contribution in [1.29, 1.82) is 0 Å². The van der Waals surface area contributed by atoms with E-state index in [1.807, 2.05) is 12.1 Å². The molecule has 0 saturated carbocycles. The second-order valence-electron chi connectivity index (χ2n) is 4.01. The third-order valence-corrected chi connectivity index (χ3v) is 2.82. The quantitative estimate of drug-likeness (QED) is 0.527. The molecule has 0 N–H and O–H groups in total. The third kappa shape index (κ3) is 3.24. The summed E-state index contributed by atoms with van der Waals surface area (Å²) in [5.74, 6) is 1.01. The van der Waals surface area contributed by atoms with E-state index in [4.69, 9.17) is 9.47 Å². The molecule has 0 radical (unpaired) electrons. The van der Waals surface area contributed by atoms with Gasteiger partial charge in [-0.15, -0.1) is 0 Å². The number of hydrogen-bond donors (Lipinski definition) is 0. The van der Waals surface area contributed by atoms with Crippen molar-refractivity contribution in [2.24, 2.45) is 0 Å². The molecule has 0 aromatic heterocycles. The Hall–Kier alpha value is -1.02. The zero-order valence-electron chi connectivity index (χ0n) is 9.24. The van der Waals surface area contributed by atoms with Crippen molar-refractivity contribution in [3.8, 4) is 5.75 Å². The number of methoxy groups -OCH3 is 1. The van der Waals surface area contributed by atoms with Crippen molar-refractivity contribution in [3.63, 3.8) is 0 Å². The van der Waals surface area contributed by atoms with Gasteiger partial charge in [0.1, 0.15) is 5.75 Å². The summed E-state index contributed by atoms with van der Waals surface area (Å²) in [4.78, 5) is 0. The molecule has 0 aliphatic carbocycles. The summed E-state index contributed by atoms with van der Waals surface area (Å²) >= 11 is 0. The minimum absolute atomic E-state index is 0.572. The van der Waals surface area contributed by atoms with Crippen LogP contribution >= 0.6 is 0 Å². The molecule has 1 aliphatic rings. The molecule has 2 nitrogen and oxygen atoms in total. The standard InChI is InChI=1S/C13H18O2/c1-14-13-9-5-3-7-11(13)6-2-4-8-12-10-15-12/h3,5,7,9,12H,2,4,6,8,10H2,1H3/t12-/m1/s1. The highest BCUT2D eigenvalue weighted by atomic mass is 16.6. The van der Waals surface area contributed by atoms with E-state index < -0.39 is 0 Å². The monoisotopic (exact) mass is 206 g/mol. The van der Waals surface area contributed by atoms with Gasteiger partial charge in [0.25, 0.3) is 0 Å². The van der Waals surface area contributed by atoms with Crippen molar-refractivity contribution >= 4 is 0 Å². The average Bonchev–Trinajstić information content (AvgIpc) is 3.09. The van der Waals surface area contributed by atoms with E-state index in [0.717, 1.165) is 18.8 Å². The number of epoxide rings is 1. The van der Waals surface area contributed by atoms with Gasteiger partial charge in [-0.1, -0.05) is 24.6 Å². The molecule has 1 heterocycles. The van der Waals surface area contributed by atoms with Gasteiger partial charge in [-0.05, 0) is 30.9 Å². The molecular weight excluding hydrogens is 188 g/mol. The second-order valence-corrected chi connectivity index (χ2v) is 4.01. The molecule has 1 fully saturated rings. The lowest BCUT2D eigenvalue weighted by Gasteiger charge is -2.07. The Labute approximate surface area is 91.2 Å². The van der Waals surface area contributed by atoms with Crippen LogP contribution in [0.25, 0.3) is 0 Å². The molecule has 15 heavy (non-hydrogen) atoms. The first-order chi connectivity index (χ1) is 7.40. The van der Waals surface area contributed by atoms with Gasteiger partial charge in [0.2, 0.25) is 0 Å². The summed E-state index contributed by atoms with van der Waals surface area (Å²) < 4.78 is 10.5. The fourth-order valence-corrected chi connectivity index (χ4v) is 1.83. The molecule has 1 aliphatic heterocycles. The van der Waals surface area contributed by atoms with Crippen molar-refractivity contribution in [3.05, 3.63) is 29.8 Å². The topological polar surface area (TPSA) is 21.8 Å².